The van der Waals surface area contributed by atoms with Crippen LogP contribution in [0, 0.1) is 0 Å². The van der Waals surface area contributed by atoms with Crippen LogP contribution < -0.4 is 10.6 Å². The molecule has 1 aromatic carbocycles. The molecule has 0 spiro atoms. The lowest BCUT2D eigenvalue weighted by molar-refractivity contribution is 0.750. The molecule has 5 nitrogen and oxygen atoms in total. The van der Waals surface area contributed by atoms with Crippen LogP contribution in [-0.2, 0) is 6.42 Å². The number of nitrogens with two attached hydrogens (primary N) is 1. The number of hydrogen-bond acceptors (Lipinski definition) is 4. The highest BCUT2D eigenvalue weighted by Crippen LogP contribution is 2.23. The largest absolute Gasteiger partial charge is 0.338 e. The van der Waals surface area contributed by atoms with Gasteiger partial charge in [0.25, 0.3) is 0 Å². The van der Waals surface area contributed by atoms with Crippen molar-refractivity contribution in [2.45, 2.75) is 25.8 Å². The first-order valence-electron chi connectivity index (χ1n) is 6.79. The van der Waals surface area contributed by atoms with E-state index in [1.165, 1.54) is 5.56 Å². The van der Waals surface area contributed by atoms with Crippen LogP contribution in [0.1, 0.15) is 18.9 Å². The van der Waals surface area contributed by atoms with Crippen molar-refractivity contribution in [3.63, 3.8) is 0 Å². The van der Waals surface area contributed by atoms with E-state index in [9.17, 15) is 0 Å². The van der Waals surface area contributed by atoms with Crippen molar-refractivity contribution in [1.29, 1.82) is 0 Å². The van der Waals surface area contributed by atoms with E-state index in [4.69, 9.17) is 5.73 Å². The topological polar surface area (TPSA) is 70.8 Å². The highest BCUT2D eigenvalue weighted by atomic mass is 15.4. The Kier molecular flexibility index (Phi) is 3.21. The first-order valence-corrected chi connectivity index (χ1v) is 6.79. The van der Waals surface area contributed by atoms with Gasteiger partial charge in [0, 0.05) is 24.7 Å². The van der Waals surface area contributed by atoms with Gasteiger partial charge in [-0.05, 0) is 18.4 Å². The molecule has 2 aromatic rings. The summed E-state index contributed by atoms with van der Waals surface area (Å²) in [5.74, 6) is 1.60. The average Bonchev–Trinajstić information content (AvgIpc) is 3.07. The monoisotopic (exact) mass is 257 g/mol. The first kappa shape index (κ1) is 12.2. The number of aromatic amines is 1. The summed E-state index contributed by atoms with van der Waals surface area (Å²) < 4.78 is 0. The van der Waals surface area contributed by atoms with Crippen LogP contribution in [-0.4, -0.2) is 34.3 Å². The Morgan fingerprint density at radius 1 is 1.42 bits per heavy atom. The molecule has 1 atom stereocenters. The lowest BCUT2D eigenvalue weighted by Crippen LogP contribution is -2.26. The van der Waals surface area contributed by atoms with Crippen LogP contribution >= 0.6 is 0 Å². The van der Waals surface area contributed by atoms with Gasteiger partial charge in [-0.15, -0.1) is 5.10 Å². The second-order valence-electron chi connectivity index (χ2n) is 4.99. The molecule has 1 aliphatic heterocycles. The van der Waals surface area contributed by atoms with Crippen LogP contribution in [0.4, 0.5) is 5.95 Å². The van der Waals surface area contributed by atoms with Gasteiger partial charge in [0.15, 0.2) is 5.82 Å². The molecule has 3 rings (SSSR count). The second-order valence-corrected chi connectivity index (χ2v) is 4.99. The third kappa shape index (κ3) is 2.33. The maximum absolute atomic E-state index is 5.92. The highest BCUT2D eigenvalue weighted by Gasteiger charge is 2.22. The minimum Gasteiger partial charge on any atom is -0.338 e. The quantitative estimate of drug-likeness (QED) is 0.875. The summed E-state index contributed by atoms with van der Waals surface area (Å²) in [6, 6.07) is 8.54. The molecule has 1 fully saturated rings. The predicted octanol–water partition coefficient (Wildman–Crippen LogP) is 1.57. The molecular weight excluding hydrogens is 238 g/mol. The van der Waals surface area contributed by atoms with Gasteiger partial charge in [-0.25, -0.2) is 0 Å². The van der Waals surface area contributed by atoms with Gasteiger partial charge in [-0.1, -0.05) is 31.2 Å². The Morgan fingerprint density at radius 3 is 3.00 bits per heavy atom. The van der Waals surface area contributed by atoms with Crippen molar-refractivity contribution in [1.82, 2.24) is 15.2 Å². The molecule has 1 saturated heterocycles. The number of nitrogens with zero attached hydrogens (tertiary/aromatic N) is 3. The van der Waals surface area contributed by atoms with Crippen molar-refractivity contribution < 1.29 is 0 Å². The fraction of sp³-hybridized carbons (Fsp3) is 0.429. The van der Waals surface area contributed by atoms with E-state index in [0.717, 1.165) is 43.3 Å². The van der Waals surface area contributed by atoms with Crippen molar-refractivity contribution in [2.75, 3.05) is 18.0 Å². The Bertz CT molecular complexity index is 562. The molecule has 1 unspecified atom stereocenters. The van der Waals surface area contributed by atoms with E-state index in [2.05, 4.69) is 45.2 Å². The zero-order valence-electron chi connectivity index (χ0n) is 11.1. The number of aromatic nitrogens is 3. The zero-order valence-corrected chi connectivity index (χ0v) is 11.1. The van der Waals surface area contributed by atoms with E-state index in [0.29, 0.717) is 0 Å². The van der Waals surface area contributed by atoms with Crippen molar-refractivity contribution in [3.8, 4) is 11.4 Å². The van der Waals surface area contributed by atoms with Gasteiger partial charge in [0.2, 0.25) is 5.95 Å². The van der Waals surface area contributed by atoms with Crippen LogP contribution in [0.5, 0.6) is 0 Å². The Hall–Kier alpha value is -1.88. The van der Waals surface area contributed by atoms with Crippen LogP contribution in [0.15, 0.2) is 24.3 Å². The molecule has 0 saturated carbocycles. The van der Waals surface area contributed by atoms with E-state index >= 15 is 0 Å². The SMILES string of the molecule is CCc1ccccc1-c1nc(N2CCC(N)C2)n[nH]1. The minimum absolute atomic E-state index is 0.241. The summed E-state index contributed by atoms with van der Waals surface area (Å²) in [6.07, 6.45) is 2.00. The van der Waals surface area contributed by atoms with Crippen molar-refractivity contribution in [2.24, 2.45) is 5.73 Å². The fourth-order valence-electron chi connectivity index (χ4n) is 2.54. The standard InChI is InChI=1S/C14H19N5/c1-2-10-5-3-4-6-12(10)13-16-14(18-17-13)19-8-7-11(15)9-19/h3-6,11H,2,7-9,15H2,1H3,(H,16,17,18). The molecule has 0 bridgehead atoms. The Morgan fingerprint density at radius 2 is 2.26 bits per heavy atom. The maximum atomic E-state index is 5.92. The summed E-state index contributed by atoms with van der Waals surface area (Å²) in [5, 5.41) is 7.36. The number of anilines is 1. The third-order valence-corrected chi connectivity index (χ3v) is 3.63. The Labute approximate surface area is 112 Å². The molecular formula is C14H19N5. The number of nitrogens with one attached hydrogen (secondary N) is 1. The smallest absolute Gasteiger partial charge is 0.245 e. The van der Waals surface area contributed by atoms with Gasteiger partial charge in [0.05, 0.1) is 0 Å². The van der Waals surface area contributed by atoms with Gasteiger partial charge in [-0.2, -0.15) is 4.98 Å². The van der Waals surface area contributed by atoms with Gasteiger partial charge in [0.1, 0.15) is 0 Å². The molecule has 5 heteroatoms. The van der Waals surface area contributed by atoms with Gasteiger partial charge in [-0.3, -0.25) is 5.10 Å². The summed E-state index contributed by atoms with van der Waals surface area (Å²) in [4.78, 5) is 6.75. The van der Waals surface area contributed by atoms with Crippen molar-refractivity contribution >= 4 is 5.95 Å². The highest BCUT2D eigenvalue weighted by molar-refractivity contribution is 5.61. The van der Waals surface area contributed by atoms with E-state index in [1.807, 2.05) is 6.07 Å². The first-order chi connectivity index (χ1) is 9.28. The molecule has 3 N–H and O–H groups in total. The lowest BCUT2D eigenvalue weighted by atomic mass is 10.1. The number of benzene rings is 1. The maximum Gasteiger partial charge on any atom is 0.245 e. The van der Waals surface area contributed by atoms with E-state index in [1.54, 1.807) is 0 Å². The normalized spacial score (nSPS) is 19.1. The summed E-state index contributed by atoms with van der Waals surface area (Å²) >= 11 is 0. The number of rotatable bonds is 3. The van der Waals surface area contributed by atoms with E-state index < -0.39 is 0 Å². The average molecular weight is 257 g/mol. The lowest BCUT2D eigenvalue weighted by Gasteiger charge is -2.11. The van der Waals surface area contributed by atoms with E-state index in [-0.39, 0.29) is 6.04 Å². The third-order valence-electron chi connectivity index (χ3n) is 3.63. The van der Waals surface area contributed by atoms with Crippen LogP contribution in [0.2, 0.25) is 0 Å². The zero-order chi connectivity index (χ0) is 13.2. The number of H-pyrrole nitrogens is 1. The van der Waals surface area contributed by atoms with Gasteiger partial charge < -0.3 is 10.6 Å². The van der Waals surface area contributed by atoms with Crippen LogP contribution in [0.3, 0.4) is 0 Å². The molecule has 2 heterocycles. The second kappa shape index (κ2) is 5.01. The molecule has 0 amide bonds. The molecule has 1 aromatic heterocycles. The summed E-state index contributed by atoms with van der Waals surface area (Å²) in [5.41, 5.74) is 8.33. The predicted molar refractivity (Wildman–Crippen MR) is 76.0 cm³/mol. The molecule has 0 aliphatic carbocycles. The molecule has 100 valence electrons. The molecule has 0 radical (unpaired) electrons. The molecule has 19 heavy (non-hydrogen) atoms. The minimum atomic E-state index is 0.241. The number of aryl methyl sites for hydroxylation is 1. The summed E-state index contributed by atoms with van der Waals surface area (Å²) in [6.45, 7) is 3.93. The fourth-order valence-corrected chi connectivity index (χ4v) is 2.54. The number of hydrogen-bond donors (Lipinski definition) is 2. The van der Waals surface area contributed by atoms with Gasteiger partial charge >= 0.3 is 0 Å². The van der Waals surface area contributed by atoms with Crippen LogP contribution in [0.25, 0.3) is 11.4 Å². The Balaban J connectivity index is 1.88. The van der Waals surface area contributed by atoms with Crippen molar-refractivity contribution in [3.05, 3.63) is 29.8 Å². The molecule has 1 aliphatic rings. The summed E-state index contributed by atoms with van der Waals surface area (Å²) in [7, 11) is 0.